The third-order valence-corrected chi connectivity index (χ3v) is 4.73. The van der Waals surface area contributed by atoms with Crippen LogP contribution < -0.4 is 19.5 Å². The fourth-order valence-electron chi connectivity index (χ4n) is 2.96. The number of carbonyl (C=O) groups is 1. The highest BCUT2D eigenvalue weighted by molar-refractivity contribution is 5.96. The zero-order valence-corrected chi connectivity index (χ0v) is 16.5. The van der Waals surface area contributed by atoms with Crippen molar-refractivity contribution in [3.8, 4) is 17.2 Å². The Labute approximate surface area is 168 Å². The summed E-state index contributed by atoms with van der Waals surface area (Å²) >= 11 is 0. The molecule has 1 amide bonds. The van der Waals surface area contributed by atoms with Gasteiger partial charge >= 0.3 is 0 Å². The Balaban J connectivity index is 1.68. The van der Waals surface area contributed by atoms with E-state index in [9.17, 15) is 14.9 Å². The molecular formula is C20H23N3O6. The Bertz CT molecular complexity index is 917. The third-order valence-electron chi connectivity index (χ3n) is 4.73. The number of hydrogen-bond donors (Lipinski definition) is 1. The van der Waals surface area contributed by atoms with Crippen LogP contribution in [0.15, 0.2) is 36.4 Å². The Morgan fingerprint density at radius 2 is 1.97 bits per heavy atom. The van der Waals surface area contributed by atoms with E-state index in [0.717, 1.165) is 5.56 Å². The Kier molecular flexibility index (Phi) is 6.18. The van der Waals surface area contributed by atoms with Crippen LogP contribution in [0.3, 0.4) is 0 Å². The van der Waals surface area contributed by atoms with Crippen molar-refractivity contribution >= 4 is 17.3 Å². The van der Waals surface area contributed by atoms with E-state index in [1.165, 1.54) is 25.3 Å². The number of nitrogens with zero attached hydrogens (tertiary/aromatic N) is 2. The van der Waals surface area contributed by atoms with Crippen LogP contribution in [0.25, 0.3) is 0 Å². The number of amides is 1. The molecule has 0 unspecified atom stereocenters. The minimum absolute atomic E-state index is 0.126. The quantitative estimate of drug-likeness (QED) is 0.562. The summed E-state index contributed by atoms with van der Waals surface area (Å²) in [7, 11) is 3.26. The van der Waals surface area contributed by atoms with Gasteiger partial charge in [-0.25, -0.2) is 0 Å². The molecule has 3 rings (SSSR count). The molecule has 1 aliphatic heterocycles. The number of rotatable bonds is 7. The predicted molar refractivity (Wildman–Crippen MR) is 107 cm³/mol. The summed E-state index contributed by atoms with van der Waals surface area (Å²) in [5.74, 6) is 1.46. The molecule has 1 heterocycles. The number of nitro benzene ring substituents is 1. The van der Waals surface area contributed by atoms with Crippen molar-refractivity contribution in [2.75, 3.05) is 32.7 Å². The molecule has 0 spiro atoms. The van der Waals surface area contributed by atoms with Gasteiger partial charge in [0.05, 0.1) is 23.8 Å². The van der Waals surface area contributed by atoms with E-state index in [0.29, 0.717) is 37.0 Å². The zero-order chi connectivity index (χ0) is 21.0. The highest BCUT2D eigenvalue weighted by Crippen LogP contribution is 2.31. The van der Waals surface area contributed by atoms with Gasteiger partial charge in [-0.2, -0.15) is 0 Å². The van der Waals surface area contributed by atoms with E-state index < -0.39 is 11.0 Å². The fourth-order valence-corrected chi connectivity index (χ4v) is 2.96. The molecule has 0 saturated heterocycles. The van der Waals surface area contributed by atoms with Crippen LogP contribution >= 0.6 is 0 Å². The van der Waals surface area contributed by atoms with E-state index in [4.69, 9.17) is 14.2 Å². The molecule has 29 heavy (non-hydrogen) atoms. The van der Waals surface area contributed by atoms with E-state index in [2.05, 4.69) is 5.32 Å². The van der Waals surface area contributed by atoms with Crippen molar-refractivity contribution in [1.29, 1.82) is 0 Å². The van der Waals surface area contributed by atoms with Gasteiger partial charge in [-0.15, -0.1) is 0 Å². The minimum atomic E-state index is -0.521. The average molecular weight is 401 g/mol. The fraction of sp³-hybridized carbons (Fsp3) is 0.350. The van der Waals surface area contributed by atoms with Crippen molar-refractivity contribution in [3.05, 3.63) is 52.1 Å². The zero-order valence-electron chi connectivity index (χ0n) is 16.5. The number of methoxy groups -OCH3 is 1. The standard InChI is InChI=1S/C20H23N3O6/c1-13(20(24)21-16-11-15(23(25)26)5-7-17(16)27-3)22(2)12-14-4-6-18-19(10-14)29-9-8-28-18/h4-7,10-11,13H,8-9,12H2,1-3H3,(H,21,24)/t13-/m1/s1. The van der Waals surface area contributed by atoms with Gasteiger partial charge in [-0.1, -0.05) is 6.07 Å². The summed E-state index contributed by atoms with van der Waals surface area (Å²) in [5.41, 5.74) is 1.11. The van der Waals surface area contributed by atoms with Crippen LogP contribution in [0.4, 0.5) is 11.4 Å². The second-order valence-electron chi connectivity index (χ2n) is 6.70. The first kappa shape index (κ1) is 20.4. The lowest BCUT2D eigenvalue weighted by Crippen LogP contribution is -2.39. The Morgan fingerprint density at radius 1 is 1.24 bits per heavy atom. The molecular weight excluding hydrogens is 378 g/mol. The number of benzene rings is 2. The second kappa shape index (κ2) is 8.78. The highest BCUT2D eigenvalue weighted by Gasteiger charge is 2.22. The van der Waals surface area contributed by atoms with E-state index >= 15 is 0 Å². The molecule has 1 aliphatic rings. The monoisotopic (exact) mass is 401 g/mol. The molecule has 9 nitrogen and oxygen atoms in total. The number of fused-ring (bicyclic) bond motifs is 1. The largest absolute Gasteiger partial charge is 0.495 e. The van der Waals surface area contributed by atoms with E-state index in [1.54, 1.807) is 6.92 Å². The number of non-ortho nitro benzene ring substituents is 1. The smallest absolute Gasteiger partial charge is 0.271 e. The van der Waals surface area contributed by atoms with Gasteiger partial charge in [-0.05, 0) is 37.7 Å². The molecule has 0 aliphatic carbocycles. The van der Waals surface area contributed by atoms with Crippen molar-refractivity contribution in [1.82, 2.24) is 4.90 Å². The molecule has 2 aromatic rings. The first-order valence-electron chi connectivity index (χ1n) is 9.11. The lowest BCUT2D eigenvalue weighted by Gasteiger charge is -2.25. The highest BCUT2D eigenvalue weighted by atomic mass is 16.6. The first-order chi connectivity index (χ1) is 13.9. The number of nitrogens with one attached hydrogen (secondary N) is 1. The van der Waals surface area contributed by atoms with E-state index in [-0.39, 0.29) is 17.3 Å². The maximum atomic E-state index is 12.7. The van der Waals surface area contributed by atoms with Gasteiger partial charge in [-0.3, -0.25) is 19.8 Å². The molecule has 0 aromatic heterocycles. The van der Waals surface area contributed by atoms with Crippen molar-refractivity contribution in [3.63, 3.8) is 0 Å². The summed E-state index contributed by atoms with van der Waals surface area (Å²) in [6.07, 6.45) is 0. The van der Waals surface area contributed by atoms with Crippen molar-refractivity contribution in [2.45, 2.75) is 19.5 Å². The number of ether oxygens (including phenoxy) is 3. The first-order valence-corrected chi connectivity index (χ1v) is 9.11. The second-order valence-corrected chi connectivity index (χ2v) is 6.70. The van der Waals surface area contributed by atoms with E-state index in [1.807, 2.05) is 30.1 Å². The maximum absolute atomic E-state index is 12.7. The number of hydrogen-bond acceptors (Lipinski definition) is 7. The average Bonchev–Trinajstić information content (AvgIpc) is 2.72. The molecule has 1 atom stereocenters. The summed E-state index contributed by atoms with van der Waals surface area (Å²) < 4.78 is 16.3. The normalized spacial score (nSPS) is 13.7. The maximum Gasteiger partial charge on any atom is 0.271 e. The van der Waals surface area contributed by atoms with Crippen molar-refractivity contribution in [2.24, 2.45) is 0 Å². The molecule has 0 fully saturated rings. The summed E-state index contributed by atoms with van der Waals surface area (Å²) in [4.78, 5) is 25.1. The number of nitro groups is 1. The minimum Gasteiger partial charge on any atom is -0.495 e. The van der Waals surface area contributed by atoms with Crippen LogP contribution in [-0.2, 0) is 11.3 Å². The molecule has 0 saturated carbocycles. The molecule has 0 bridgehead atoms. The molecule has 0 radical (unpaired) electrons. The summed E-state index contributed by atoms with van der Waals surface area (Å²) in [6, 6.07) is 9.26. The number of anilines is 1. The van der Waals surface area contributed by atoms with Crippen LogP contribution in [0.2, 0.25) is 0 Å². The number of carbonyl (C=O) groups excluding carboxylic acids is 1. The SMILES string of the molecule is COc1ccc([N+](=O)[O-])cc1NC(=O)[C@@H](C)N(C)Cc1ccc2c(c1)OCCO2. The van der Waals surface area contributed by atoms with Gasteiger partial charge in [0.1, 0.15) is 19.0 Å². The summed E-state index contributed by atoms with van der Waals surface area (Å²) in [6.45, 7) is 3.31. The van der Waals surface area contributed by atoms with Gasteiger partial charge in [0.2, 0.25) is 5.91 Å². The lowest BCUT2D eigenvalue weighted by molar-refractivity contribution is -0.384. The van der Waals surface area contributed by atoms with Gasteiger partial charge in [0, 0.05) is 18.7 Å². The van der Waals surface area contributed by atoms with Crippen LogP contribution in [0.1, 0.15) is 12.5 Å². The summed E-state index contributed by atoms with van der Waals surface area (Å²) in [5, 5.41) is 13.7. The third kappa shape index (κ3) is 4.75. The lowest BCUT2D eigenvalue weighted by atomic mass is 10.1. The Hall–Kier alpha value is -3.33. The topological polar surface area (TPSA) is 103 Å². The van der Waals surface area contributed by atoms with Crippen LogP contribution in [-0.4, -0.2) is 49.1 Å². The van der Waals surface area contributed by atoms with Gasteiger partial charge in [0.25, 0.3) is 5.69 Å². The van der Waals surface area contributed by atoms with Crippen LogP contribution in [0, 0.1) is 10.1 Å². The number of likely N-dealkylation sites (N-methyl/N-ethyl adjacent to an activating group) is 1. The van der Waals surface area contributed by atoms with Gasteiger partial charge in [0.15, 0.2) is 11.5 Å². The molecule has 1 N–H and O–H groups in total. The Morgan fingerprint density at radius 3 is 2.66 bits per heavy atom. The molecule has 154 valence electrons. The molecule has 9 heteroatoms. The molecule has 2 aromatic carbocycles. The van der Waals surface area contributed by atoms with Crippen molar-refractivity contribution < 1.29 is 23.9 Å². The van der Waals surface area contributed by atoms with Crippen LogP contribution in [0.5, 0.6) is 17.2 Å². The predicted octanol–water partition coefficient (Wildman–Crippen LogP) is 2.83. The van der Waals surface area contributed by atoms with Gasteiger partial charge < -0.3 is 19.5 Å².